The van der Waals surface area contributed by atoms with Crippen molar-refractivity contribution in [3.63, 3.8) is 0 Å². The van der Waals surface area contributed by atoms with Crippen LogP contribution in [0.15, 0.2) is 0 Å². The third kappa shape index (κ3) is 12.4. The van der Waals surface area contributed by atoms with Crippen LogP contribution in [0.25, 0.3) is 0 Å². The zero-order valence-corrected chi connectivity index (χ0v) is 19.5. The Bertz CT molecular complexity index is 242. The molecule has 0 saturated heterocycles. The van der Waals surface area contributed by atoms with Crippen molar-refractivity contribution in [3.05, 3.63) is 0 Å². The Morgan fingerprint density at radius 1 is 0.462 bits per heavy atom. The predicted molar refractivity (Wildman–Crippen MR) is 121 cm³/mol. The van der Waals surface area contributed by atoms with Crippen molar-refractivity contribution in [2.24, 2.45) is 0 Å². The average molecular weight is 369 g/mol. The fraction of sp³-hybridized carbons (Fsp3) is 1.00. The Labute approximate surface area is 167 Å². The molecule has 0 bridgehead atoms. The molecule has 0 spiro atoms. The van der Waals surface area contributed by atoms with Gasteiger partial charge in [-0.15, -0.1) is 0 Å². The van der Waals surface area contributed by atoms with Crippen LogP contribution in [0.4, 0.5) is 0 Å². The molecule has 1 atom stereocenters. The molecule has 0 heterocycles. The second kappa shape index (κ2) is 18.3. The van der Waals surface area contributed by atoms with Crippen molar-refractivity contribution < 1.29 is 4.48 Å². The summed E-state index contributed by atoms with van der Waals surface area (Å²) < 4.78 is 1.45. The van der Waals surface area contributed by atoms with Gasteiger partial charge in [-0.1, -0.05) is 79.1 Å². The highest BCUT2D eigenvalue weighted by Gasteiger charge is 2.32. The quantitative estimate of drug-likeness (QED) is 0.149. The van der Waals surface area contributed by atoms with Crippen LogP contribution in [0.2, 0.25) is 0 Å². The molecule has 158 valence electrons. The number of quaternary nitrogens is 1. The molecule has 0 aromatic carbocycles. The molecule has 0 aromatic rings. The minimum Gasteiger partial charge on any atom is -0.321 e. The van der Waals surface area contributed by atoms with Gasteiger partial charge in [-0.2, -0.15) is 0 Å². The Morgan fingerprint density at radius 2 is 0.808 bits per heavy atom. The minimum atomic E-state index is 0.867. The van der Waals surface area contributed by atoms with Crippen LogP contribution in [-0.4, -0.2) is 30.2 Å². The second-order valence-corrected chi connectivity index (χ2v) is 8.92. The fourth-order valence-electron chi connectivity index (χ4n) is 4.52. The van der Waals surface area contributed by atoms with Crippen LogP contribution < -0.4 is 0 Å². The summed E-state index contributed by atoms with van der Waals surface area (Å²) in [6.07, 6.45) is 22.7. The highest BCUT2D eigenvalue weighted by Crippen LogP contribution is 2.25. The van der Waals surface area contributed by atoms with Gasteiger partial charge in [0.25, 0.3) is 0 Å². The zero-order chi connectivity index (χ0) is 19.5. The molecular weight excluding hydrogens is 314 g/mol. The van der Waals surface area contributed by atoms with E-state index in [1.54, 1.807) is 0 Å². The molecule has 0 aliphatic rings. The molecule has 0 aliphatic carbocycles. The van der Waals surface area contributed by atoms with Crippen molar-refractivity contribution in [3.8, 4) is 0 Å². The zero-order valence-electron chi connectivity index (χ0n) is 19.5. The number of hydrogen-bond donors (Lipinski definition) is 0. The van der Waals surface area contributed by atoms with E-state index < -0.39 is 0 Å². The van der Waals surface area contributed by atoms with E-state index in [-0.39, 0.29) is 0 Å². The maximum atomic E-state index is 2.59. The lowest BCUT2D eigenvalue weighted by atomic mass is 10.0. The van der Waals surface area contributed by atoms with Crippen molar-refractivity contribution in [2.45, 2.75) is 143 Å². The van der Waals surface area contributed by atoms with Crippen LogP contribution in [0.3, 0.4) is 0 Å². The van der Waals surface area contributed by atoms with Gasteiger partial charge in [-0.25, -0.2) is 0 Å². The largest absolute Gasteiger partial charge is 0.321 e. The van der Waals surface area contributed by atoms with Crippen LogP contribution in [0.5, 0.6) is 0 Å². The first kappa shape index (κ1) is 26.0. The average Bonchev–Trinajstić information content (AvgIpc) is 2.65. The van der Waals surface area contributed by atoms with E-state index in [1.165, 1.54) is 127 Å². The number of rotatable bonds is 20. The van der Waals surface area contributed by atoms with Gasteiger partial charge in [0.1, 0.15) is 0 Å². The van der Waals surface area contributed by atoms with Crippen molar-refractivity contribution in [2.75, 3.05) is 19.6 Å². The van der Waals surface area contributed by atoms with E-state index in [1.807, 2.05) is 0 Å². The normalized spacial score (nSPS) is 13.3. The van der Waals surface area contributed by atoms with Crippen molar-refractivity contribution >= 4 is 0 Å². The molecule has 1 nitrogen and oxygen atoms in total. The molecule has 0 saturated carbocycles. The highest BCUT2D eigenvalue weighted by atomic mass is 15.4. The molecule has 0 aromatic heterocycles. The molecule has 26 heavy (non-hydrogen) atoms. The molecule has 0 rings (SSSR count). The number of hydrogen-bond acceptors (Lipinski definition) is 0. The van der Waals surface area contributed by atoms with Gasteiger partial charge in [0.15, 0.2) is 0 Å². The Kier molecular flexibility index (Phi) is 18.3. The van der Waals surface area contributed by atoms with Crippen LogP contribution in [0.1, 0.15) is 137 Å². The molecule has 0 aliphatic heterocycles. The van der Waals surface area contributed by atoms with Crippen LogP contribution in [0, 0.1) is 0 Å². The monoisotopic (exact) mass is 368 g/mol. The molecular formula is C25H54N+. The first-order chi connectivity index (χ1) is 12.7. The van der Waals surface area contributed by atoms with E-state index in [0.717, 1.165) is 6.04 Å². The lowest BCUT2D eigenvalue weighted by Gasteiger charge is -2.45. The number of unbranched alkanes of at least 4 members (excludes halogenated alkanes) is 11. The van der Waals surface area contributed by atoms with Gasteiger partial charge < -0.3 is 4.48 Å². The molecule has 0 N–H and O–H groups in total. The second-order valence-electron chi connectivity index (χ2n) is 8.92. The first-order valence-electron chi connectivity index (χ1n) is 12.5. The summed E-state index contributed by atoms with van der Waals surface area (Å²) in [4.78, 5) is 0. The molecule has 0 amide bonds. The summed E-state index contributed by atoms with van der Waals surface area (Å²) in [6.45, 7) is 16.3. The third-order valence-electron chi connectivity index (χ3n) is 6.53. The van der Waals surface area contributed by atoms with Gasteiger partial charge in [0.05, 0.1) is 25.7 Å². The van der Waals surface area contributed by atoms with E-state index in [0.29, 0.717) is 0 Å². The summed E-state index contributed by atoms with van der Waals surface area (Å²) in [5.74, 6) is 0. The first-order valence-corrected chi connectivity index (χ1v) is 12.5. The van der Waals surface area contributed by atoms with Gasteiger partial charge >= 0.3 is 0 Å². The topological polar surface area (TPSA) is 0 Å². The highest BCUT2D eigenvalue weighted by molar-refractivity contribution is 4.60. The summed E-state index contributed by atoms with van der Waals surface area (Å²) >= 11 is 0. The standard InChI is InChI=1S/C25H54N/c1-6-10-14-18-22-26(23-19-15-11-7-2,24-20-16-12-8-3)25(5)21-17-13-9-4/h25H,6-24H2,1-5H3/q+1. The minimum absolute atomic E-state index is 0.867. The van der Waals surface area contributed by atoms with E-state index >= 15 is 0 Å². The number of nitrogens with zero attached hydrogens (tertiary/aromatic N) is 1. The Morgan fingerprint density at radius 3 is 1.15 bits per heavy atom. The summed E-state index contributed by atoms with van der Waals surface area (Å²) in [6, 6.07) is 0.867. The maximum absolute atomic E-state index is 2.59. The summed E-state index contributed by atoms with van der Waals surface area (Å²) in [5, 5.41) is 0. The maximum Gasteiger partial charge on any atom is 0.0861 e. The van der Waals surface area contributed by atoms with Crippen LogP contribution in [-0.2, 0) is 0 Å². The Hall–Kier alpha value is -0.0400. The predicted octanol–water partition coefficient (Wildman–Crippen LogP) is 8.51. The lowest BCUT2D eigenvalue weighted by molar-refractivity contribution is -0.950. The SMILES string of the molecule is CCCCCC[N+](CCCCCC)(CCCCCC)C(C)CCCCC. The van der Waals surface area contributed by atoms with Crippen LogP contribution >= 0.6 is 0 Å². The Balaban J connectivity index is 4.89. The van der Waals surface area contributed by atoms with Gasteiger partial charge in [-0.3, -0.25) is 0 Å². The van der Waals surface area contributed by atoms with Crippen molar-refractivity contribution in [1.82, 2.24) is 0 Å². The molecule has 0 radical (unpaired) electrons. The van der Waals surface area contributed by atoms with E-state index in [9.17, 15) is 0 Å². The molecule has 0 fully saturated rings. The van der Waals surface area contributed by atoms with Crippen molar-refractivity contribution in [1.29, 1.82) is 0 Å². The van der Waals surface area contributed by atoms with Gasteiger partial charge in [0, 0.05) is 0 Å². The molecule has 1 unspecified atom stereocenters. The summed E-state index contributed by atoms with van der Waals surface area (Å²) in [7, 11) is 0. The smallest absolute Gasteiger partial charge is 0.0861 e. The molecule has 1 heteroatoms. The van der Waals surface area contributed by atoms with Gasteiger partial charge in [0.2, 0.25) is 0 Å². The third-order valence-corrected chi connectivity index (χ3v) is 6.53. The summed E-state index contributed by atoms with van der Waals surface area (Å²) in [5.41, 5.74) is 0. The van der Waals surface area contributed by atoms with Gasteiger partial charge in [-0.05, 0) is 58.3 Å². The lowest BCUT2D eigenvalue weighted by Crippen LogP contribution is -2.56. The fourth-order valence-corrected chi connectivity index (χ4v) is 4.52. The van der Waals surface area contributed by atoms with E-state index in [2.05, 4.69) is 34.6 Å². The van der Waals surface area contributed by atoms with E-state index in [4.69, 9.17) is 0 Å².